The van der Waals surface area contributed by atoms with Crippen LogP contribution in [0.4, 0.5) is 0 Å². The Hall–Kier alpha value is -0.870. The van der Waals surface area contributed by atoms with Gasteiger partial charge in [0.05, 0.1) is 5.69 Å². The summed E-state index contributed by atoms with van der Waals surface area (Å²) in [7, 11) is 2.02. The summed E-state index contributed by atoms with van der Waals surface area (Å²) < 4.78 is 1.98. The average Bonchev–Trinajstić information content (AvgIpc) is 2.74. The van der Waals surface area contributed by atoms with Crippen molar-refractivity contribution in [2.24, 2.45) is 24.7 Å². The second-order valence-corrected chi connectivity index (χ2v) is 6.07. The molecule has 1 heterocycles. The van der Waals surface area contributed by atoms with Gasteiger partial charge < -0.3 is 0 Å². The fourth-order valence-corrected chi connectivity index (χ4v) is 3.44. The molecule has 0 bridgehead atoms. The molecule has 1 aliphatic rings. The van der Waals surface area contributed by atoms with E-state index < -0.39 is 0 Å². The number of hydrazine groups is 1. The van der Waals surface area contributed by atoms with Crippen molar-refractivity contribution in [3.05, 3.63) is 17.5 Å². The number of nitrogens with zero attached hydrogens (tertiary/aromatic N) is 2. The summed E-state index contributed by atoms with van der Waals surface area (Å²) in [6.45, 7) is 4.35. The normalized spacial score (nSPS) is 25.5. The van der Waals surface area contributed by atoms with Crippen LogP contribution in [0.5, 0.6) is 0 Å². The fourth-order valence-electron chi connectivity index (χ4n) is 3.44. The van der Waals surface area contributed by atoms with Gasteiger partial charge >= 0.3 is 0 Å². The summed E-state index contributed by atoms with van der Waals surface area (Å²) in [4.78, 5) is 0. The van der Waals surface area contributed by atoms with Crippen LogP contribution in [0.25, 0.3) is 0 Å². The lowest BCUT2D eigenvalue weighted by molar-refractivity contribution is 0.216. The van der Waals surface area contributed by atoms with E-state index in [4.69, 9.17) is 5.84 Å². The molecule has 1 atom stereocenters. The first kappa shape index (κ1) is 14.5. The van der Waals surface area contributed by atoms with Crippen molar-refractivity contribution >= 4 is 0 Å². The fraction of sp³-hybridized carbons (Fsp3) is 0.800. The zero-order valence-electron chi connectivity index (χ0n) is 12.5. The van der Waals surface area contributed by atoms with Crippen molar-refractivity contribution in [1.29, 1.82) is 0 Å². The number of hydrogen-bond donors (Lipinski definition) is 2. The Kier molecular flexibility index (Phi) is 4.99. The van der Waals surface area contributed by atoms with E-state index in [2.05, 4.69) is 23.5 Å². The van der Waals surface area contributed by atoms with Crippen LogP contribution >= 0.6 is 0 Å². The number of aryl methyl sites for hydroxylation is 2. The van der Waals surface area contributed by atoms with Gasteiger partial charge in [-0.05, 0) is 37.7 Å². The zero-order chi connectivity index (χ0) is 13.8. The van der Waals surface area contributed by atoms with Crippen LogP contribution in [0.2, 0.25) is 0 Å². The molecule has 1 fully saturated rings. The highest BCUT2D eigenvalue weighted by Gasteiger charge is 2.27. The molecule has 1 aromatic rings. The van der Waals surface area contributed by atoms with Crippen molar-refractivity contribution in [3.63, 3.8) is 0 Å². The van der Waals surface area contributed by atoms with Gasteiger partial charge in [-0.1, -0.05) is 26.2 Å². The van der Waals surface area contributed by atoms with Gasteiger partial charge in [-0.15, -0.1) is 0 Å². The lowest BCUT2D eigenvalue weighted by Gasteiger charge is -2.33. The number of nitrogens with two attached hydrogens (primary N) is 1. The van der Waals surface area contributed by atoms with E-state index in [1.54, 1.807) is 0 Å². The lowest BCUT2D eigenvalue weighted by Crippen LogP contribution is -2.44. The Morgan fingerprint density at radius 3 is 2.58 bits per heavy atom. The van der Waals surface area contributed by atoms with Gasteiger partial charge in [0.25, 0.3) is 0 Å². The third kappa shape index (κ3) is 3.57. The van der Waals surface area contributed by atoms with Crippen molar-refractivity contribution < 1.29 is 0 Å². The summed E-state index contributed by atoms with van der Waals surface area (Å²) in [5.41, 5.74) is 5.41. The first-order chi connectivity index (χ1) is 9.13. The molecule has 4 nitrogen and oxygen atoms in total. The number of aromatic nitrogens is 2. The van der Waals surface area contributed by atoms with Crippen molar-refractivity contribution in [2.75, 3.05) is 0 Å². The number of nitrogens with one attached hydrogen (secondary N) is 1. The van der Waals surface area contributed by atoms with E-state index in [0.29, 0.717) is 12.0 Å². The average molecular weight is 264 g/mol. The highest BCUT2D eigenvalue weighted by Crippen LogP contribution is 2.33. The summed E-state index contributed by atoms with van der Waals surface area (Å²) in [6.07, 6.45) is 7.66. The number of rotatable bonds is 5. The SMILES string of the molecule is CCC1CCC(C(Cc2cc(C)nn2C)NN)CC1. The molecule has 4 heteroatoms. The monoisotopic (exact) mass is 264 g/mol. The standard InChI is InChI=1S/C15H28N4/c1-4-12-5-7-13(8-6-12)15(17-16)10-14-9-11(2)18-19(14)3/h9,12-13,15,17H,4-8,10,16H2,1-3H3. The summed E-state index contributed by atoms with van der Waals surface area (Å²) >= 11 is 0. The van der Waals surface area contributed by atoms with Crippen LogP contribution in [0.3, 0.4) is 0 Å². The predicted octanol–water partition coefficient (Wildman–Crippen LogP) is 2.32. The second kappa shape index (κ2) is 6.53. The summed E-state index contributed by atoms with van der Waals surface area (Å²) in [6, 6.07) is 2.55. The number of hydrogen-bond acceptors (Lipinski definition) is 3. The van der Waals surface area contributed by atoms with Gasteiger partial charge in [0, 0.05) is 25.2 Å². The Labute approximate surface area is 116 Å². The van der Waals surface area contributed by atoms with Gasteiger partial charge in [0.2, 0.25) is 0 Å². The molecule has 1 unspecified atom stereocenters. The minimum atomic E-state index is 0.382. The first-order valence-corrected chi connectivity index (χ1v) is 7.59. The van der Waals surface area contributed by atoms with Crippen LogP contribution in [0.1, 0.15) is 50.4 Å². The molecule has 19 heavy (non-hydrogen) atoms. The molecule has 0 saturated heterocycles. The van der Waals surface area contributed by atoms with Crippen molar-refractivity contribution in [3.8, 4) is 0 Å². The quantitative estimate of drug-likeness (QED) is 0.634. The predicted molar refractivity (Wildman–Crippen MR) is 78.5 cm³/mol. The molecule has 3 N–H and O–H groups in total. The molecule has 0 amide bonds. The Balaban J connectivity index is 1.95. The molecule has 108 valence electrons. The molecule has 1 saturated carbocycles. The van der Waals surface area contributed by atoms with Gasteiger partial charge in [-0.3, -0.25) is 16.0 Å². The molecule has 0 aliphatic heterocycles. The molecule has 1 aromatic heterocycles. The van der Waals surface area contributed by atoms with Crippen LogP contribution in [-0.2, 0) is 13.5 Å². The van der Waals surface area contributed by atoms with Gasteiger partial charge in [-0.25, -0.2) is 0 Å². The molecule has 0 spiro atoms. The molecule has 2 rings (SSSR count). The molecular formula is C15H28N4. The Bertz CT molecular complexity index is 391. The topological polar surface area (TPSA) is 55.9 Å². The van der Waals surface area contributed by atoms with E-state index in [1.807, 2.05) is 18.7 Å². The summed E-state index contributed by atoms with van der Waals surface area (Å²) in [5, 5.41) is 4.42. The van der Waals surface area contributed by atoms with Crippen LogP contribution < -0.4 is 11.3 Å². The van der Waals surface area contributed by atoms with Gasteiger partial charge in [0.1, 0.15) is 0 Å². The highest BCUT2D eigenvalue weighted by atomic mass is 15.3. The second-order valence-electron chi connectivity index (χ2n) is 6.07. The lowest BCUT2D eigenvalue weighted by atomic mass is 9.77. The smallest absolute Gasteiger partial charge is 0.0596 e. The molecule has 1 aliphatic carbocycles. The molecule has 0 aromatic carbocycles. The minimum Gasteiger partial charge on any atom is -0.272 e. The zero-order valence-corrected chi connectivity index (χ0v) is 12.5. The van der Waals surface area contributed by atoms with E-state index in [0.717, 1.165) is 18.0 Å². The Morgan fingerprint density at radius 1 is 1.42 bits per heavy atom. The maximum Gasteiger partial charge on any atom is 0.0596 e. The maximum atomic E-state index is 5.80. The van der Waals surface area contributed by atoms with Gasteiger partial charge in [0.15, 0.2) is 0 Å². The first-order valence-electron chi connectivity index (χ1n) is 7.59. The van der Waals surface area contributed by atoms with E-state index in [-0.39, 0.29) is 0 Å². The minimum absolute atomic E-state index is 0.382. The van der Waals surface area contributed by atoms with Crippen LogP contribution in [0.15, 0.2) is 6.07 Å². The van der Waals surface area contributed by atoms with Gasteiger partial charge in [-0.2, -0.15) is 5.10 Å². The van der Waals surface area contributed by atoms with Crippen LogP contribution in [0, 0.1) is 18.8 Å². The molecule has 0 radical (unpaired) electrons. The third-order valence-electron chi connectivity index (χ3n) is 4.78. The third-order valence-corrected chi connectivity index (χ3v) is 4.78. The Morgan fingerprint density at radius 2 is 2.11 bits per heavy atom. The van der Waals surface area contributed by atoms with Crippen LogP contribution in [-0.4, -0.2) is 15.8 Å². The largest absolute Gasteiger partial charge is 0.272 e. The molecular weight excluding hydrogens is 236 g/mol. The van der Waals surface area contributed by atoms with E-state index >= 15 is 0 Å². The van der Waals surface area contributed by atoms with Crippen molar-refractivity contribution in [1.82, 2.24) is 15.2 Å². The van der Waals surface area contributed by atoms with E-state index in [9.17, 15) is 0 Å². The summed E-state index contributed by atoms with van der Waals surface area (Å²) in [5.74, 6) is 7.45. The highest BCUT2D eigenvalue weighted by molar-refractivity contribution is 5.10. The maximum absolute atomic E-state index is 5.80. The van der Waals surface area contributed by atoms with Crippen molar-refractivity contribution in [2.45, 2.75) is 58.4 Å². The van der Waals surface area contributed by atoms with E-state index in [1.165, 1.54) is 37.8 Å².